The normalized spacial score (nSPS) is 10.8. The van der Waals surface area contributed by atoms with Crippen LogP contribution in [0.15, 0.2) is 65.1 Å². The number of carbonyl (C=O) groups excluding carboxylic acids is 1. The average molecular weight is 481 g/mol. The number of nitrogens with one attached hydrogen (secondary N) is 1. The van der Waals surface area contributed by atoms with Crippen LogP contribution in [0.4, 0.5) is 10.8 Å². The van der Waals surface area contributed by atoms with Crippen LogP contribution in [0.5, 0.6) is 5.75 Å². The Bertz CT molecular complexity index is 1190. The minimum absolute atomic E-state index is 0.163. The maximum Gasteiger partial charge on any atom is 0.227 e. The number of methoxy groups -OCH3 is 1. The maximum atomic E-state index is 11.3. The molecular weight excluding hydrogens is 456 g/mol. The van der Waals surface area contributed by atoms with E-state index in [1.54, 1.807) is 7.11 Å². The number of anilines is 2. The number of aryl methyl sites for hydroxylation is 1. The largest absolute Gasteiger partial charge is 0.497 e. The third kappa shape index (κ3) is 6.33. The second kappa shape index (κ2) is 11.0. The first-order valence-electron chi connectivity index (χ1n) is 10.3. The van der Waals surface area contributed by atoms with Crippen molar-refractivity contribution >= 4 is 39.8 Å². The number of rotatable bonds is 11. The van der Waals surface area contributed by atoms with Gasteiger partial charge in [-0.2, -0.15) is 0 Å². The van der Waals surface area contributed by atoms with Gasteiger partial charge in [0.05, 0.1) is 25.0 Å². The summed E-state index contributed by atoms with van der Waals surface area (Å²) < 4.78 is 7.25. The molecular formula is C23H24N6O2S2. The molecule has 0 fully saturated rings. The van der Waals surface area contributed by atoms with Gasteiger partial charge in [-0.1, -0.05) is 42.1 Å². The lowest BCUT2D eigenvalue weighted by Gasteiger charge is -2.09. The molecule has 0 saturated carbocycles. The van der Waals surface area contributed by atoms with E-state index in [0.29, 0.717) is 18.1 Å². The van der Waals surface area contributed by atoms with Crippen molar-refractivity contribution in [3.05, 3.63) is 77.1 Å². The van der Waals surface area contributed by atoms with Gasteiger partial charge in [-0.3, -0.25) is 4.79 Å². The molecule has 170 valence electrons. The number of carbonyl (C=O) groups is 1. The molecule has 0 aliphatic rings. The molecule has 10 heteroatoms. The van der Waals surface area contributed by atoms with E-state index in [-0.39, 0.29) is 11.7 Å². The summed E-state index contributed by atoms with van der Waals surface area (Å²) >= 11 is 2.84. The Hall–Kier alpha value is -3.37. The molecule has 4 rings (SSSR count). The van der Waals surface area contributed by atoms with Gasteiger partial charge in [0.25, 0.3) is 0 Å². The summed E-state index contributed by atoms with van der Waals surface area (Å²) in [5, 5.41) is 15.5. The highest BCUT2D eigenvalue weighted by Gasteiger charge is 2.16. The van der Waals surface area contributed by atoms with Crippen LogP contribution >= 0.6 is 23.1 Å². The number of nitrogens with two attached hydrogens (primary N) is 1. The molecule has 0 aliphatic heterocycles. The summed E-state index contributed by atoms with van der Waals surface area (Å²) in [5.74, 6) is 1.39. The van der Waals surface area contributed by atoms with Crippen LogP contribution in [0.2, 0.25) is 0 Å². The predicted molar refractivity (Wildman–Crippen MR) is 131 cm³/mol. The van der Waals surface area contributed by atoms with Crippen LogP contribution in [0.1, 0.15) is 17.1 Å². The summed E-state index contributed by atoms with van der Waals surface area (Å²) in [7, 11) is 1.64. The second-order valence-corrected chi connectivity index (χ2v) is 9.02. The van der Waals surface area contributed by atoms with Crippen molar-refractivity contribution in [3.8, 4) is 5.75 Å². The Labute approximate surface area is 200 Å². The van der Waals surface area contributed by atoms with E-state index < -0.39 is 0 Å². The molecule has 0 atom stereocenters. The lowest BCUT2D eigenvalue weighted by molar-refractivity contribution is -0.115. The van der Waals surface area contributed by atoms with Crippen molar-refractivity contribution in [1.29, 1.82) is 0 Å². The van der Waals surface area contributed by atoms with Crippen molar-refractivity contribution < 1.29 is 9.53 Å². The smallest absolute Gasteiger partial charge is 0.227 e. The SMILES string of the molecule is COc1ccc(Nc2nc(Cc3nnc(SCC(N)=O)n3CCc3ccccc3)cs2)cc1. The summed E-state index contributed by atoms with van der Waals surface area (Å²) in [5.41, 5.74) is 8.39. The van der Waals surface area contributed by atoms with E-state index in [4.69, 9.17) is 15.5 Å². The van der Waals surface area contributed by atoms with E-state index >= 15 is 0 Å². The first-order chi connectivity index (χ1) is 16.1. The van der Waals surface area contributed by atoms with Gasteiger partial charge in [0.1, 0.15) is 11.6 Å². The molecule has 2 heterocycles. The van der Waals surface area contributed by atoms with Crippen LogP contribution < -0.4 is 15.8 Å². The molecule has 0 radical (unpaired) electrons. The molecule has 2 aromatic carbocycles. The fourth-order valence-corrected chi connectivity index (χ4v) is 4.66. The van der Waals surface area contributed by atoms with Crippen LogP contribution in [0.3, 0.4) is 0 Å². The Balaban J connectivity index is 1.47. The lowest BCUT2D eigenvalue weighted by atomic mass is 10.1. The standard InChI is InChI=1S/C23H24N6O2S2/c1-31-19-9-7-17(8-10-19)25-22-26-18(14-32-22)13-21-27-28-23(33-15-20(24)30)29(21)12-11-16-5-3-2-4-6-16/h2-10,14H,11-13,15H2,1H3,(H2,24,30)(H,25,26). The number of thiazole rings is 1. The van der Waals surface area contributed by atoms with Gasteiger partial charge >= 0.3 is 0 Å². The third-order valence-electron chi connectivity index (χ3n) is 4.84. The van der Waals surface area contributed by atoms with Crippen LogP contribution in [-0.2, 0) is 24.2 Å². The highest BCUT2D eigenvalue weighted by Crippen LogP contribution is 2.25. The molecule has 4 aromatic rings. The van der Waals surface area contributed by atoms with E-state index in [2.05, 4.69) is 32.2 Å². The van der Waals surface area contributed by atoms with Crippen molar-refractivity contribution in [1.82, 2.24) is 19.7 Å². The monoisotopic (exact) mass is 480 g/mol. The van der Waals surface area contributed by atoms with Gasteiger partial charge in [0.2, 0.25) is 5.91 Å². The minimum atomic E-state index is -0.382. The zero-order chi connectivity index (χ0) is 23.0. The zero-order valence-electron chi connectivity index (χ0n) is 18.1. The number of amides is 1. The molecule has 8 nitrogen and oxygen atoms in total. The second-order valence-electron chi connectivity index (χ2n) is 7.22. The van der Waals surface area contributed by atoms with E-state index in [9.17, 15) is 4.79 Å². The Morgan fingerprint density at radius 2 is 1.94 bits per heavy atom. The number of benzene rings is 2. The maximum absolute atomic E-state index is 11.3. The average Bonchev–Trinajstić information content (AvgIpc) is 3.44. The van der Waals surface area contributed by atoms with Gasteiger partial charge < -0.3 is 20.4 Å². The Morgan fingerprint density at radius 1 is 1.15 bits per heavy atom. The quantitative estimate of drug-likeness (QED) is 0.314. The first kappa shape index (κ1) is 22.8. The number of hydrogen-bond acceptors (Lipinski definition) is 8. The molecule has 0 bridgehead atoms. The van der Waals surface area contributed by atoms with E-state index in [1.165, 1.54) is 28.7 Å². The minimum Gasteiger partial charge on any atom is -0.497 e. The van der Waals surface area contributed by atoms with Gasteiger partial charge in [0, 0.05) is 17.6 Å². The Morgan fingerprint density at radius 3 is 2.67 bits per heavy atom. The van der Waals surface area contributed by atoms with Gasteiger partial charge in [-0.05, 0) is 36.2 Å². The van der Waals surface area contributed by atoms with Gasteiger partial charge in [-0.15, -0.1) is 21.5 Å². The zero-order valence-corrected chi connectivity index (χ0v) is 19.7. The van der Waals surface area contributed by atoms with Crippen molar-refractivity contribution in [3.63, 3.8) is 0 Å². The molecule has 33 heavy (non-hydrogen) atoms. The molecule has 3 N–H and O–H groups in total. The molecule has 0 saturated heterocycles. The fourth-order valence-electron chi connectivity index (χ4n) is 3.21. The van der Waals surface area contributed by atoms with E-state index in [1.807, 2.05) is 47.8 Å². The topological polar surface area (TPSA) is 108 Å². The fraction of sp³-hybridized carbons (Fsp3) is 0.217. The summed E-state index contributed by atoms with van der Waals surface area (Å²) in [6.07, 6.45) is 1.37. The van der Waals surface area contributed by atoms with E-state index in [0.717, 1.165) is 34.5 Å². The highest BCUT2D eigenvalue weighted by atomic mass is 32.2. The molecule has 2 aromatic heterocycles. The van der Waals surface area contributed by atoms with Gasteiger partial charge in [-0.25, -0.2) is 4.98 Å². The molecule has 1 amide bonds. The number of thioether (sulfide) groups is 1. The first-order valence-corrected chi connectivity index (χ1v) is 12.2. The number of nitrogens with zero attached hydrogens (tertiary/aromatic N) is 4. The number of hydrogen-bond donors (Lipinski definition) is 2. The van der Waals surface area contributed by atoms with Crippen LogP contribution in [-0.4, -0.2) is 38.5 Å². The summed E-state index contributed by atoms with van der Waals surface area (Å²) in [6.45, 7) is 0.703. The Kier molecular flexibility index (Phi) is 7.59. The highest BCUT2D eigenvalue weighted by molar-refractivity contribution is 7.99. The van der Waals surface area contributed by atoms with Crippen LogP contribution in [0.25, 0.3) is 0 Å². The molecule has 0 spiro atoms. The summed E-state index contributed by atoms with van der Waals surface area (Å²) in [4.78, 5) is 16.0. The number of primary amides is 1. The summed E-state index contributed by atoms with van der Waals surface area (Å²) in [6, 6.07) is 17.9. The van der Waals surface area contributed by atoms with Crippen molar-refractivity contribution in [2.24, 2.45) is 5.73 Å². The predicted octanol–water partition coefficient (Wildman–Crippen LogP) is 3.90. The number of aromatic nitrogens is 4. The number of ether oxygens (including phenoxy) is 1. The molecule has 0 unspecified atom stereocenters. The lowest BCUT2D eigenvalue weighted by Crippen LogP contribution is -2.14. The third-order valence-corrected chi connectivity index (χ3v) is 6.63. The van der Waals surface area contributed by atoms with Crippen molar-refractivity contribution in [2.75, 3.05) is 18.2 Å². The van der Waals surface area contributed by atoms with Crippen molar-refractivity contribution in [2.45, 2.75) is 24.5 Å². The molecule has 0 aliphatic carbocycles. The van der Waals surface area contributed by atoms with Crippen LogP contribution in [0, 0.1) is 0 Å². The van der Waals surface area contributed by atoms with Gasteiger partial charge in [0.15, 0.2) is 10.3 Å².